The number of carbonyl (C=O) groups is 4. The van der Waals surface area contributed by atoms with Crippen LogP contribution in [0.25, 0.3) is 0 Å². The molecule has 2 heterocycles. The fourth-order valence-electron chi connectivity index (χ4n) is 3.91. The Balaban J connectivity index is 1.81. The average Bonchev–Trinajstić information content (AvgIpc) is 2.99. The number of aliphatic carboxylic acids is 1. The van der Waals surface area contributed by atoms with E-state index in [0.717, 1.165) is 10.5 Å². The topological polar surface area (TPSA) is 107 Å². The molecule has 0 bridgehead atoms. The highest BCUT2D eigenvalue weighted by Gasteiger charge is 2.50. The van der Waals surface area contributed by atoms with Crippen molar-refractivity contribution >= 4 is 29.5 Å². The van der Waals surface area contributed by atoms with Gasteiger partial charge in [0.1, 0.15) is 6.04 Å². The molecule has 0 spiro atoms. The van der Waals surface area contributed by atoms with E-state index in [1.807, 2.05) is 19.1 Å². The molecule has 3 rings (SSSR count). The predicted molar refractivity (Wildman–Crippen MR) is 102 cm³/mol. The second-order valence-corrected chi connectivity index (χ2v) is 8.30. The van der Waals surface area contributed by atoms with Crippen molar-refractivity contribution in [1.82, 2.24) is 10.2 Å². The van der Waals surface area contributed by atoms with Gasteiger partial charge in [0.15, 0.2) is 0 Å². The number of likely N-dealkylation sites (tertiary alicyclic amines) is 1. The summed E-state index contributed by atoms with van der Waals surface area (Å²) in [4.78, 5) is 52.1. The fourth-order valence-corrected chi connectivity index (χ4v) is 3.91. The van der Waals surface area contributed by atoms with Crippen LogP contribution in [0, 0.1) is 12.3 Å². The molecule has 2 saturated heterocycles. The molecule has 2 fully saturated rings. The number of amides is 4. The Bertz CT molecular complexity index is 818. The first-order chi connectivity index (χ1) is 13.1. The molecule has 0 saturated carbocycles. The summed E-state index contributed by atoms with van der Waals surface area (Å²) < 4.78 is 0. The fraction of sp³-hybridized carbons (Fsp3) is 0.500. The van der Waals surface area contributed by atoms with Crippen LogP contribution in [-0.4, -0.2) is 52.4 Å². The van der Waals surface area contributed by atoms with Crippen LogP contribution in [0.5, 0.6) is 0 Å². The molecule has 8 nitrogen and oxygen atoms in total. The molecular weight excluding hydrogens is 362 g/mol. The number of anilines is 1. The van der Waals surface area contributed by atoms with Crippen LogP contribution in [0.15, 0.2) is 24.3 Å². The molecule has 2 N–H and O–H groups in total. The number of hydrogen-bond donors (Lipinski definition) is 2. The number of nitrogens with zero attached hydrogens (tertiary/aromatic N) is 2. The molecule has 2 aliphatic heterocycles. The summed E-state index contributed by atoms with van der Waals surface area (Å²) in [5.74, 6) is -1.67. The SMILES string of the molecule is Cc1ccc(N2C(=O)N[C@@H]3CCN(C(=O)CC(C)(C)CC(=O)O)[C@@H]3C2=O)cc1. The molecule has 150 valence electrons. The number of nitrogens with one attached hydrogen (secondary N) is 1. The van der Waals surface area contributed by atoms with Gasteiger partial charge in [0.2, 0.25) is 5.91 Å². The van der Waals surface area contributed by atoms with Gasteiger partial charge in [-0.2, -0.15) is 0 Å². The van der Waals surface area contributed by atoms with Crippen molar-refractivity contribution in [3.05, 3.63) is 29.8 Å². The smallest absolute Gasteiger partial charge is 0.329 e. The van der Waals surface area contributed by atoms with Gasteiger partial charge in [-0.3, -0.25) is 14.4 Å². The summed E-state index contributed by atoms with van der Waals surface area (Å²) in [6.45, 7) is 5.70. The summed E-state index contributed by atoms with van der Waals surface area (Å²) >= 11 is 0. The quantitative estimate of drug-likeness (QED) is 0.803. The average molecular weight is 387 g/mol. The maximum absolute atomic E-state index is 13.1. The lowest BCUT2D eigenvalue weighted by Crippen LogP contribution is -2.65. The Kier molecular flexibility index (Phi) is 5.14. The first-order valence-corrected chi connectivity index (χ1v) is 9.31. The Hall–Kier alpha value is -2.90. The van der Waals surface area contributed by atoms with E-state index in [4.69, 9.17) is 5.11 Å². The number of benzene rings is 1. The lowest BCUT2D eigenvalue weighted by atomic mass is 9.85. The number of hydrogen-bond acceptors (Lipinski definition) is 4. The van der Waals surface area contributed by atoms with Gasteiger partial charge in [-0.15, -0.1) is 0 Å². The highest BCUT2D eigenvalue weighted by atomic mass is 16.4. The maximum Gasteiger partial charge on any atom is 0.329 e. The summed E-state index contributed by atoms with van der Waals surface area (Å²) in [7, 11) is 0. The highest BCUT2D eigenvalue weighted by Crippen LogP contribution is 2.31. The van der Waals surface area contributed by atoms with Crippen LogP contribution in [-0.2, 0) is 14.4 Å². The van der Waals surface area contributed by atoms with Crippen LogP contribution in [0.3, 0.4) is 0 Å². The molecule has 2 aliphatic rings. The molecule has 28 heavy (non-hydrogen) atoms. The van der Waals surface area contributed by atoms with Crippen LogP contribution in [0.1, 0.15) is 38.7 Å². The number of fused-ring (bicyclic) bond motifs is 1. The normalized spacial score (nSPS) is 22.1. The Morgan fingerprint density at radius 1 is 1.18 bits per heavy atom. The molecule has 8 heteroatoms. The van der Waals surface area contributed by atoms with E-state index in [-0.39, 0.29) is 18.7 Å². The van der Waals surface area contributed by atoms with Crippen molar-refractivity contribution in [1.29, 1.82) is 0 Å². The van der Waals surface area contributed by atoms with Crippen LogP contribution in [0.2, 0.25) is 0 Å². The van der Waals surface area contributed by atoms with Crippen molar-refractivity contribution in [3.63, 3.8) is 0 Å². The van der Waals surface area contributed by atoms with Gasteiger partial charge in [-0.05, 0) is 30.9 Å². The zero-order chi connectivity index (χ0) is 20.6. The summed E-state index contributed by atoms with van der Waals surface area (Å²) in [5, 5.41) is 11.9. The van der Waals surface area contributed by atoms with Gasteiger partial charge in [-0.25, -0.2) is 9.69 Å². The zero-order valence-corrected chi connectivity index (χ0v) is 16.3. The molecule has 1 aromatic carbocycles. The molecule has 0 aliphatic carbocycles. The Morgan fingerprint density at radius 2 is 1.82 bits per heavy atom. The summed E-state index contributed by atoms with van der Waals surface area (Å²) in [5.41, 5.74) is 0.736. The molecule has 2 atom stereocenters. The van der Waals surface area contributed by atoms with Gasteiger partial charge < -0.3 is 15.3 Å². The number of carbonyl (C=O) groups excluding carboxylic acids is 3. The number of urea groups is 1. The van der Waals surface area contributed by atoms with Gasteiger partial charge in [0.25, 0.3) is 5.91 Å². The molecule has 1 aromatic rings. The standard InChI is InChI=1S/C20H25N3O5/c1-12-4-6-13(7-5-12)23-18(27)17-14(21-19(23)28)8-9-22(17)15(24)10-20(2,3)11-16(25)26/h4-7,14,17H,8-11H2,1-3H3,(H,21,28)(H,25,26)/t14-,17+/m1/s1. The van der Waals surface area contributed by atoms with Crippen molar-refractivity contribution in [2.24, 2.45) is 5.41 Å². The minimum absolute atomic E-state index is 0.0221. The van der Waals surface area contributed by atoms with E-state index in [2.05, 4.69) is 5.32 Å². The molecule has 0 unspecified atom stereocenters. The monoisotopic (exact) mass is 387 g/mol. The second-order valence-electron chi connectivity index (χ2n) is 8.30. The lowest BCUT2D eigenvalue weighted by molar-refractivity contribution is -0.143. The maximum atomic E-state index is 13.1. The molecule has 0 aromatic heterocycles. The second kappa shape index (κ2) is 7.26. The minimum atomic E-state index is -0.969. The highest BCUT2D eigenvalue weighted by molar-refractivity contribution is 6.19. The van der Waals surface area contributed by atoms with E-state index >= 15 is 0 Å². The van der Waals surface area contributed by atoms with Crippen molar-refractivity contribution in [2.45, 2.75) is 52.1 Å². The zero-order valence-electron chi connectivity index (χ0n) is 16.3. The number of rotatable bonds is 5. The number of imide groups is 1. The number of carboxylic acid groups (broad SMARTS) is 1. The van der Waals surface area contributed by atoms with Crippen molar-refractivity contribution < 1.29 is 24.3 Å². The summed E-state index contributed by atoms with van der Waals surface area (Å²) in [6.07, 6.45) is 0.379. The third-order valence-electron chi connectivity index (χ3n) is 5.26. The van der Waals surface area contributed by atoms with Crippen LogP contribution < -0.4 is 10.2 Å². The Morgan fingerprint density at radius 3 is 2.43 bits per heavy atom. The third kappa shape index (κ3) is 3.85. The van der Waals surface area contributed by atoms with Gasteiger partial charge in [0.05, 0.1) is 18.2 Å². The van der Waals surface area contributed by atoms with Crippen molar-refractivity contribution in [3.8, 4) is 0 Å². The Labute approximate surface area is 163 Å². The van der Waals surface area contributed by atoms with E-state index in [1.165, 1.54) is 4.90 Å². The first-order valence-electron chi connectivity index (χ1n) is 9.31. The van der Waals surface area contributed by atoms with E-state index < -0.39 is 35.4 Å². The van der Waals surface area contributed by atoms with Gasteiger partial charge in [0, 0.05) is 13.0 Å². The van der Waals surface area contributed by atoms with Gasteiger partial charge >= 0.3 is 12.0 Å². The largest absolute Gasteiger partial charge is 0.481 e. The minimum Gasteiger partial charge on any atom is -0.481 e. The third-order valence-corrected chi connectivity index (χ3v) is 5.26. The summed E-state index contributed by atoms with van der Waals surface area (Å²) in [6, 6.07) is 5.34. The lowest BCUT2D eigenvalue weighted by Gasteiger charge is -2.37. The predicted octanol–water partition coefficient (Wildman–Crippen LogP) is 1.91. The van der Waals surface area contributed by atoms with E-state index in [9.17, 15) is 19.2 Å². The van der Waals surface area contributed by atoms with Crippen LogP contribution in [0.4, 0.5) is 10.5 Å². The van der Waals surface area contributed by atoms with Crippen molar-refractivity contribution in [2.75, 3.05) is 11.4 Å². The molecule has 0 radical (unpaired) electrons. The van der Waals surface area contributed by atoms with E-state index in [0.29, 0.717) is 18.7 Å². The number of aryl methyl sites for hydroxylation is 1. The first kappa shape index (κ1) is 19.9. The molecular formula is C20H25N3O5. The van der Waals surface area contributed by atoms with E-state index in [1.54, 1.807) is 26.0 Å². The van der Waals surface area contributed by atoms with Crippen LogP contribution >= 0.6 is 0 Å². The van der Waals surface area contributed by atoms with Gasteiger partial charge in [-0.1, -0.05) is 31.5 Å². The number of carboxylic acids is 1. The molecule has 4 amide bonds.